The van der Waals surface area contributed by atoms with Crippen molar-refractivity contribution in [1.82, 2.24) is 0 Å². The summed E-state index contributed by atoms with van der Waals surface area (Å²) in [6.07, 6.45) is -0.134. The second-order valence-corrected chi connectivity index (χ2v) is 5.47. The normalized spacial score (nSPS) is 12.4. The third kappa shape index (κ3) is 3.97. The summed E-state index contributed by atoms with van der Waals surface area (Å²) < 4.78 is 5.06. The molecule has 0 heterocycles. The van der Waals surface area contributed by atoms with E-state index in [-0.39, 0.29) is 0 Å². The summed E-state index contributed by atoms with van der Waals surface area (Å²) in [6.45, 7) is 0.569. The third-order valence-electron chi connectivity index (χ3n) is 3.10. The Kier molecular flexibility index (Phi) is 5.44. The number of hydrogen-bond acceptors (Lipinski definition) is 2. The number of rotatable bonds is 5. The van der Waals surface area contributed by atoms with Crippen molar-refractivity contribution in [3.63, 3.8) is 0 Å². The molecule has 0 fully saturated rings. The van der Waals surface area contributed by atoms with E-state index in [0.717, 1.165) is 16.7 Å². The Labute approximate surface area is 128 Å². The second kappa shape index (κ2) is 7.09. The van der Waals surface area contributed by atoms with E-state index >= 15 is 0 Å². The molecule has 0 aliphatic carbocycles. The van der Waals surface area contributed by atoms with Gasteiger partial charge in [-0.15, -0.1) is 0 Å². The van der Waals surface area contributed by atoms with Crippen molar-refractivity contribution in [3.05, 3.63) is 69.2 Å². The van der Waals surface area contributed by atoms with Crippen molar-refractivity contribution < 1.29 is 9.84 Å². The van der Waals surface area contributed by atoms with Gasteiger partial charge < -0.3 is 9.84 Å². The topological polar surface area (TPSA) is 29.5 Å². The maximum Gasteiger partial charge on any atom is 0.0830 e. The average molecular weight is 311 g/mol. The first kappa shape index (κ1) is 15.3. The molecule has 1 unspecified atom stereocenters. The van der Waals surface area contributed by atoms with Gasteiger partial charge in [0.1, 0.15) is 0 Å². The minimum Gasteiger partial charge on any atom is -0.388 e. The van der Waals surface area contributed by atoms with Gasteiger partial charge in [-0.2, -0.15) is 0 Å². The molecule has 0 aliphatic heterocycles. The fraction of sp³-hybridized carbons (Fsp3) is 0.250. The standard InChI is InChI=1S/C16H16Cl2O2/c1-20-10-11-2-4-12(5-3-11)16(19)8-13-6-7-14(17)9-15(13)18/h2-7,9,16,19H,8,10H2,1H3. The molecule has 0 saturated heterocycles. The van der Waals surface area contributed by atoms with Crippen LogP contribution in [0.3, 0.4) is 0 Å². The van der Waals surface area contributed by atoms with Crippen LogP contribution >= 0.6 is 23.2 Å². The lowest BCUT2D eigenvalue weighted by Crippen LogP contribution is -2.02. The number of benzene rings is 2. The van der Waals surface area contributed by atoms with Gasteiger partial charge in [0.15, 0.2) is 0 Å². The van der Waals surface area contributed by atoms with Crippen molar-refractivity contribution in [2.24, 2.45) is 0 Å². The van der Waals surface area contributed by atoms with Crippen molar-refractivity contribution in [3.8, 4) is 0 Å². The molecule has 0 bridgehead atoms. The molecule has 0 radical (unpaired) electrons. The smallest absolute Gasteiger partial charge is 0.0830 e. The lowest BCUT2D eigenvalue weighted by molar-refractivity contribution is 0.177. The number of ether oxygens (including phenoxy) is 1. The fourth-order valence-electron chi connectivity index (χ4n) is 2.02. The number of aliphatic hydroxyl groups excluding tert-OH is 1. The first-order valence-electron chi connectivity index (χ1n) is 6.30. The van der Waals surface area contributed by atoms with Crippen LogP contribution in [0, 0.1) is 0 Å². The van der Waals surface area contributed by atoms with Gasteiger partial charge >= 0.3 is 0 Å². The first-order valence-corrected chi connectivity index (χ1v) is 7.05. The van der Waals surface area contributed by atoms with E-state index in [4.69, 9.17) is 27.9 Å². The maximum absolute atomic E-state index is 10.3. The van der Waals surface area contributed by atoms with Crippen LogP contribution in [0.4, 0.5) is 0 Å². The highest BCUT2D eigenvalue weighted by Crippen LogP contribution is 2.26. The average Bonchev–Trinajstić information content (AvgIpc) is 2.43. The van der Waals surface area contributed by atoms with Gasteiger partial charge in [-0.3, -0.25) is 0 Å². The predicted octanol–water partition coefficient (Wildman–Crippen LogP) is 4.42. The lowest BCUT2D eigenvalue weighted by Gasteiger charge is -2.13. The highest BCUT2D eigenvalue weighted by Gasteiger charge is 2.11. The van der Waals surface area contributed by atoms with E-state index in [2.05, 4.69) is 0 Å². The van der Waals surface area contributed by atoms with Crippen molar-refractivity contribution in [2.45, 2.75) is 19.1 Å². The molecule has 0 aromatic heterocycles. The van der Waals surface area contributed by atoms with Crippen molar-refractivity contribution in [2.75, 3.05) is 7.11 Å². The van der Waals surface area contributed by atoms with Crippen molar-refractivity contribution in [1.29, 1.82) is 0 Å². The second-order valence-electron chi connectivity index (χ2n) is 4.63. The largest absolute Gasteiger partial charge is 0.388 e. The lowest BCUT2D eigenvalue weighted by atomic mass is 10.0. The molecule has 2 aromatic carbocycles. The van der Waals surface area contributed by atoms with Crippen LogP contribution in [0.5, 0.6) is 0 Å². The summed E-state index contributed by atoms with van der Waals surface area (Å²) in [7, 11) is 1.66. The predicted molar refractivity (Wildman–Crippen MR) is 82.3 cm³/mol. The number of halogens is 2. The van der Waals surface area contributed by atoms with E-state index in [0.29, 0.717) is 23.1 Å². The number of hydrogen-bond donors (Lipinski definition) is 1. The van der Waals surface area contributed by atoms with Gasteiger partial charge in [0.25, 0.3) is 0 Å². The van der Waals surface area contributed by atoms with Crippen LogP contribution in [0.25, 0.3) is 0 Å². The molecule has 0 saturated carbocycles. The van der Waals surface area contributed by atoms with E-state index in [9.17, 15) is 5.11 Å². The van der Waals surface area contributed by atoms with E-state index in [1.807, 2.05) is 30.3 Å². The summed E-state index contributed by atoms with van der Waals surface area (Å²) in [5, 5.41) is 11.4. The van der Waals surface area contributed by atoms with E-state index in [1.54, 1.807) is 19.2 Å². The molecule has 2 nitrogen and oxygen atoms in total. The Balaban J connectivity index is 2.09. The van der Waals surface area contributed by atoms with Gasteiger partial charge in [0, 0.05) is 23.6 Å². The molecule has 0 amide bonds. The van der Waals surface area contributed by atoms with Crippen LogP contribution in [0.15, 0.2) is 42.5 Å². The molecular weight excluding hydrogens is 295 g/mol. The Morgan fingerprint density at radius 2 is 1.80 bits per heavy atom. The Bertz CT molecular complexity index is 567. The fourth-order valence-corrected chi connectivity index (χ4v) is 2.50. The Hall–Kier alpha value is -1.06. The molecule has 2 rings (SSSR count). The molecule has 1 atom stereocenters. The molecule has 20 heavy (non-hydrogen) atoms. The van der Waals surface area contributed by atoms with Crippen molar-refractivity contribution >= 4 is 23.2 Å². The summed E-state index contributed by atoms with van der Waals surface area (Å²) in [6, 6.07) is 13.0. The SMILES string of the molecule is COCc1ccc(C(O)Cc2ccc(Cl)cc2Cl)cc1. The Morgan fingerprint density at radius 1 is 1.10 bits per heavy atom. The van der Waals surface area contributed by atoms with Crippen LogP contribution in [0.2, 0.25) is 10.0 Å². The monoisotopic (exact) mass is 310 g/mol. The molecule has 106 valence electrons. The molecule has 4 heteroatoms. The van der Waals surface area contributed by atoms with Gasteiger partial charge in [-0.25, -0.2) is 0 Å². The number of aliphatic hydroxyl groups is 1. The minimum absolute atomic E-state index is 0.458. The summed E-state index contributed by atoms with van der Waals surface area (Å²) in [4.78, 5) is 0. The quantitative estimate of drug-likeness (QED) is 0.886. The molecule has 0 aliphatic rings. The zero-order valence-corrected chi connectivity index (χ0v) is 12.7. The van der Waals surface area contributed by atoms with Gasteiger partial charge in [-0.1, -0.05) is 53.5 Å². The summed E-state index contributed by atoms with van der Waals surface area (Å²) >= 11 is 12.0. The third-order valence-corrected chi connectivity index (χ3v) is 3.69. The highest BCUT2D eigenvalue weighted by molar-refractivity contribution is 6.35. The van der Waals surface area contributed by atoms with E-state index < -0.39 is 6.10 Å². The number of methoxy groups -OCH3 is 1. The molecule has 2 aromatic rings. The molecule has 1 N–H and O–H groups in total. The highest BCUT2D eigenvalue weighted by atomic mass is 35.5. The van der Waals surface area contributed by atoms with Crippen LogP contribution in [0.1, 0.15) is 22.8 Å². The van der Waals surface area contributed by atoms with Crippen LogP contribution in [-0.2, 0) is 17.8 Å². The zero-order valence-electron chi connectivity index (χ0n) is 11.1. The van der Waals surface area contributed by atoms with Gasteiger partial charge in [0.2, 0.25) is 0 Å². The minimum atomic E-state index is -0.592. The Morgan fingerprint density at radius 3 is 2.40 bits per heavy atom. The van der Waals surface area contributed by atoms with Gasteiger partial charge in [-0.05, 0) is 28.8 Å². The summed E-state index contributed by atoms with van der Waals surface area (Å²) in [5.74, 6) is 0. The van der Waals surface area contributed by atoms with Gasteiger partial charge in [0.05, 0.1) is 12.7 Å². The maximum atomic E-state index is 10.3. The summed E-state index contributed by atoms with van der Waals surface area (Å²) in [5.41, 5.74) is 2.81. The molecular formula is C16H16Cl2O2. The van der Waals surface area contributed by atoms with Crippen LogP contribution in [-0.4, -0.2) is 12.2 Å². The molecule has 0 spiro atoms. The van der Waals surface area contributed by atoms with Crippen LogP contribution < -0.4 is 0 Å². The van der Waals surface area contributed by atoms with E-state index in [1.165, 1.54) is 0 Å². The zero-order chi connectivity index (χ0) is 14.5. The first-order chi connectivity index (χ1) is 9.60.